The van der Waals surface area contributed by atoms with E-state index < -0.39 is 5.50 Å². The highest BCUT2D eigenvalue weighted by Crippen LogP contribution is 2.23. The summed E-state index contributed by atoms with van der Waals surface area (Å²) in [6, 6.07) is 0.626. The zero-order chi connectivity index (χ0) is 13.7. The van der Waals surface area contributed by atoms with E-state index in [1.54, 1.807) is 0 Å². The van der Waals surface area contributed by atoms with E-state index >= 15 is 0 Å². The van der Waals surface area contributed by atoms with Crippen LogP contribution < -0.4 is 5.48 Å². The average molecular weight is 287 g/mol. The van der Waals surface area contributed by atoms with Gasteiger partial charge in [-0.15, -0.1) is 11.6 Å². The number of halogens is 1. The lowest BCUT2D eigenvalue weighted by atomic mass is 9.96. The van der Waals surface area contributed by atoms with Crippen molar-refractivity contribution in [3.05, 3.63) is 23.8 Å². The zero-order valence-electron chi connectivity index (χ0n) is 11.4. The number of allylic oxidation sites excluding steroid dienone is 1. The van der Waals surface area contributed by atoms with Crippen LogP contribution in [0.15, 0.2) is 23.8 Å². The van der Waals surface area contributed by atoms with Crippen LogP contribution in [0.2, 0.25) is 0 Å². The van der Waals surface area contributed by atoms with Crippen LogP contribution in [0.5, 0.6) is 0 Å². The molecule has 2 atom stereocenters. The average Bonchev–Trinajstić information content (AvgIpc) is 2.48. The Kier molecular flexibility index (Phi) is 5.85. The number of rotatable bonds is 5. The second kappa shape index (κ2) is 7.41. The zero-order valence-corrected chi connectivity index (χ0v) is 12.1. The van der Waals surface area contributed by atoms with Gasteiger partial charge in [-0.2, -0.15) is 5.48 Å². The van der Waals surface area contributed by atoms with E-state index in [1.807, 2.05) is 0 Å². The van der Waals surface area contributed by atoms with Crippen LogP contribution in [0.25, 0.3) is 0 Å². The Bertz CT molecular complexity index is 340. The van der Waals surface area contributed by atoms with Gasteiger partial charge in [0.05, 0.1) is 0 Å². The first-order valence-corrected chi connectivity index (χ1v) is 7.33. The molecule has 0 radical (unpaired) electrons. The highest BCUT2D eigenvalue weighted by atomic mass is 35.5. The fourth-order valence-corrected chi connectivity index (χ4v) is 2.84. The molecule has 0 bridgehead atoms. The molecule has 0 aromatic rings. The van der Waals surface area contributed by atoms with Crippen molar-refractivity contribution in [3.63, 3.8) is 0 Å². The number of likely N-dealkylation sites (N-methyl/N-ethyl adjacent to an activating group) is 1. The van der Waals surface area contributed by atoms with Gasteiger partial charge >= 0.3 is 0 Å². The van der Waals surface area contributed by atoms with Crippen LogP contribution in [0.4, 0.5) is 0 Å². The van der Waals surface area contributed by atoms with Crippen LogP contribution in [0.1, 0.15) is 19.3 Å². The van der Waals surface area contributed by atoms with Gasteiger partial charge in [-0.05, 0) is 31.9 Å². The summed E-state index contributed by atoms with van der Waals surface area (Å²) in [5.41, 5.74) is 3.01. The summed E-state index contributed by atoms with van der Waals surface area (Å²) in [6.07, 6.45) is 9.52. The summed E-state index contributed by atoms with van der Waals surface area (Å²) in [5.74, 6) is 0.156. The van der Waals surface area contributed by atoms with E-state index in [2.05, 4.69) is 35.7 Å². The normalized spacial score (nSPS) is 26.5. The summed E-state index contributed by atoms with van der Waals surface area (Å²) < 4.78 is 5.39. The first-order chi connectivity index (χ1) is 9.20. The Morgan fingerprint density at radius 2 is 2.26 bits per heavy atom. The van der Waals surface area contributed by atoms with E-state index in [-0.39, 0.29) is 5.92 Å². The van der Waals surface area contributed by atoms with E-state index in [9.17, 15) is 0 Å². The number of ether oxygens (including phenoxy) is 1. The van der Waals surface area contributed by atoms with Crippen LogP contribution in [-0.4, -0.2) is 48.5 Å². The highest BCUT2D eigenvalue weighted by Gasteiger charge is 2.21. The van der Waals surface area contributed by atoms with Crippen molar-refractivity contribution < 1.29 is 9.94 Å². The van der Waals surface area contributed by atoms with Gasteiger partial charge in [0.2, 0.25) is 0 Å². The van der Waals surface area contributed by atoms with Gasteiger partial charge in [-0.1, -0.05) is 18.2 Å². The molecule has 2 rings (SSSR count). The molecule has 2 aliphatic rings. The number of hydrogen-bond acceptors (Lipinski definition) is 4. The van der Waals surface area contributed by atoms with Crippen LogP contribution in [0.3, 0.4) is 0 Å². The maximum Gasteiger partial charge on any atom is 0.112 e. The maximum atomic E-state index is 8.81. The lowest BCUT2D eigenvalue weighted by Gasteiger charge is -2.32. The molecule has 0 aromatic heterocycles. The van der Waals surface area contributed by atoms with E-state index in [0.29, 0.717) is 6.04 Å². The molecule has 0 spiro atoms. The fraction of sp³-hybridized carbons (Fsp3) is 0.714. The fourth-order valence-electron chi connectivity index (χ4n) is 2.65. The van der Waals surface area contributed by atoms with Gasteiger partial charge < -0.3 is 9.94 Å². The Balaban J connectivity index is 1.80. The van der Waals surface area contributed by atoms with Gasteiger partial charge in [0.25, 0.3) is 0 Å². The smallest absolute Gasteiger partial charge is 0.112 e. The molecule has 1 aliphatic heterocycles. The molecule has 0 saturated carbocycles. The molecular formula is C14H23ClN2O2. The minimum atomic E-state index is -0.415. The minimum absolute atomic E-state index is 0.156. The molecule has 19 heavy (non-hydrogen) atoms. The second-order valence-electron chi connectivity index (χ2n) is 5.33. The number of nitrogens with one attached hydrogen (secondary N) is 1. The quantitative estimate of drug-likeness (QED) is 0.462. The number of hydroxylamine groups is 1. The topological polar surface area (TPSA) is 44.7 Å². The van der Waals surface area contributed by atoms with E-state index in [4.69, 9.17) is 21.5 Å². The molecule has 1 heterocycles. The third kappa shape index (κ3) is 4.29. The Morgan fingerprint density at radius 1 is 1.53 bits per heavy atom. The van der Waals surface area contributed by atoms with Crippen LogP contribution >= 0.6 is 11.6 Å². The van der Waals surface area contributed by atoms with Crippen LogP contribution in [0, 0.1) is 5.92 Å². The lowest BCUT2D eigenvalue weighted by Crippen LogP contribution is -2.37. The molecule has 1 saturated heterocycles. The van der Waals surface area contributed by atoms with Gasteiger partial charge in [0.15, 0.2) is 0 Å². The standard InChI is InChI=1S/C14H23ClN2O2/c1-17(13-6-8-19-9-7-13)10-11-2-4-12(5-3-11)14(15)16-18/h2-4,12-14,16,18H,5-10H2,1H3. The molecular weight excluding hydrogens is 264 g/mol. The second-order valence-corrected chi connectivity index (χ2v) is 5.80. The third-order valence-electron chi connectivity index (χ3n) is 3.96. The van der Waals surface area contributed by atoms with Crippen molar-refractivity contribution >= 4 is 11.6 Å². The summed E-state index contributed by atoms with van der Waals surface area (Å²) in [5, 5.41) is 8.81. The number of alkyl halides is 1. The van der Waals surface area contributed by atoms with Crippen molar-refractivity contribution in [2.24, 2.45) is 5.92 Å². The van der Waals surface area contributed by atoms with Gasteiger partial charge in [0.1, 0.15) is 5.50 Å². The van der Waals surface area contributed by atoms with E-state index in [1.165, 1.54) is 5.57 Å². The van der Waals surface area contributed by atoms with Gasteiger partial charge in [-0.25, -0.2) is 0 Å². The first kappa shape index (κ1) is 15.0. The molecule has 1 aliphatic carbocycles. The monoisotopic (exact) mass is 286 g/mol. The van der Waals surface area contributed by atoms with Gasteiger partial charge in [-0.3, -0.25) is 4.90 Å². The van der Waals surface area contributed by atoms with E-state index in [0.717, 1.165) is 39.0 Å². The van der Waals surface area contributed by atoms with Crippen molar-refractivity contribution in [2.45, 2.75) is 30.8 Å². The summed E-state index contributed by atoms with van der Waals surface area (Å²) in [4.78, 5) is 2.40. The third-order valence-corrected chi connectivity index (χ3v) is 4.38. The Labute approximate surface area is 120 Å². The molecule has 0 aromatic carbocycles. The van der Waals surface area contributed by atoms with Crippen molar-refractivity contribution in [1.29, 1.82) is 0 Å². The predicted octanol–water partition coefficient (Wildman–Crippen LogP) is 2.14. The summed E-state index contributed by atoms with van der Waals surface area (Å²) in [6.45, 7) is 2.72. The van der Waals surface area contributed by atoms with Crippen LogP contribution in [-0.2, 0) is 4.74 Å². The minimum Gasteiger partial charge on any atom is -0.381 e. The molecule has 108 valence electrons. The molecule has 4 nitrogen and oxygen atoms in total. The maximum absolute atomic E-state index is 8.81. The molecule has 0 amide bonds. The highest BCUT2D eigenvalue weighted by molar-refractivity contribution is 6.20. The lowest BCUT2D eigenvalue weighted by molar-refractivity contribution is 0.0460. The molecule has 2 unspecified atom stereocenters. The summed E-state index contributed by atoms with van der Waals surface area (Å²) in [7, 11) is 2.18. The molecule has 2 N–H and O–H groups in total. The first-order valence-electron chi connectivity index (χ1n) is 6.89. The number of nitrogens with zero attached hydrogens (tertiary/aromatic N) is 1. The van der Waals surface area contributed by atoms with Crippen molar-refractivity contribution in [2.75, 3.05) is 26.8 Å². The summed E-state index contributed by atoms with van der Waals surface area (Å²) >= 11 is 5.95. The molecule has 5 heteroatoms. The Hall–Kier alpha value is -0.390. The van der Waals surface area contributed by atoms with Crippen molar-refractivity contribution in [1.82, 2.24) is 10.4 Å². The van der Waals surface area contributed by atoms with Gasteiger partial charge in [0, 0.05) is 31.7 Å². The largest absolute Gasteiger partial charge is 0.381 e. The molecule has 1 fully saturated rings. The SMILES string of the molecule is CN(CC1=CCC(C(Cl)NO)C=C1)C1CCOCC1. The van der Waals surface area contributed by atoms with Crippen molar-refractivity contribution in [3.8, 4) is 0 Å². The predicted molar refractivity (Wildman–Crippen MR) is 76.4 cm³/mol. The number of hydrogen-bond donors (Lipinski definition) is 2. The Morgan fingerprint density at radius 3 is 2.84 bits per heavy atom.